The van der Waals surface area contributed by atoms with E-state index in [1.807, 2.05) is 0 Å². The van der Waals surface area contributed by atoms with Crippen molar-refractivity contribution < 1.29 is 14.3 Å². The zero-order valence-corrected chi connectivity index (χ0v) is 22.4. The maximum Gasteiger partial charge on any atom is 0.146 e. The summed E-state index contributed by atoms with van der Waals surface area (Å²) in [5.41, 5.74) is 3.08. The molecule has 8 unspecified atom stereocenters. The molecule has 5 aliphatic rings. The fraction of sp³-hybridized carbons (Fsp3) is 0.900. The van der Waals surface area contributed by atoms with Crippen molar-refractivity contribution in [3.05, 3.63) is 11.6 Å². The van der Waals surface area contributed by atoms with Crippen LogP contribution in [0.2, 0.25) is 0 Å². The smallest absolute Gasteiger partial charge is 0.146 e. The molecule has 5 aliphatic carbocycles. The Morgan fingerprint density at radius 1 is 0.939 bits per heavy atom. The molecule has 3 nitrogen and oxygen atoms in total. The highest BCUT2D eigenvalue weighted by Crippen LogP contribution is 2.75. The Kier molecular flexibility index (Phi) is 5.58. The van der Waals surface area contributed by atoms with Crippen LogP contribution in [0.5, 0.6) is 0 Å². The first kappa shape index (κ1) is 24.0. The summed E-state index contributed by atoms with van der Waals surface area (Å²) >= 11 is 0. The number of fused-ring (bicyclic) bond motifs is 7. The molecule has 0 spiro atoms. The van der Waals surface area contributed by atoms with E-state index in [9.17, 15) is 4.79 Å². The van der Waals surface area contributed by atoms with Crippen LogP contribution in [0.3, 0.4) is 0 Å². The first-order valence-electron chi connectivity index (χ1n) is 13.8. The molecule has 0 aromatic rings. The van der Waals surface area contributed by atoms with Gasteiger partial charge in [-0.2, -0.15) is 0 Å². The molecule has 0 aromatic heterocycles. The summed E-state index contributed by atoms with van der Waals surface area (Å²) in [6, 6.07) is 0. The number of ether oxygens (including phenoxy) is 2. The molecule has 186 valence electrons. The number of Topliss-reactive ketones (excluding diaryl/α,β-unsaturated/α-hetero) is 1. The van der Waals surface area contributed by atoms with Gasteiger partial charge in [-0.15, -0.1) is 0 Å². The topological polar surface area (TPSA) is 35.5 Å². The molecule has 5 rings (SSSR count). The van der Waals surface area contributed by atoms with Gasteiger partial charge in [-0.3, -0.25) is 4.79 Å². The maximum atomic E-state index is 12.6. The highest BCUT2D eigenvalue weighted by molar-refractivity contribution is 5.80. The van der Waals surface area contributed by atoms with Crippen LogP contribution in [0.25, 0.3) is 0 Å². The second-order valence-electron chi connectivity index (χ2n) is 14.2. The first-order valence-corrected chi connectivity index (χ1v) is 13.8. The largest absolute Gasteiger partial charge is 0.359 e. The van der Waals surface area contributed by atoms with E-state index in [1.165, 1.54) is 38.5 Å². The van der Waals surface area contributed by atoms with E-state index in [4.69, 9.17) is 9.47 Å². The zero-order chi connectivity index (χ0) is 23.9. The predicted molar refractivity (Wildman–Crippen MR) is 133 cm³/mol. The summed E-state index contributed by atoms with van der Waals surface area (Å²) in [6.45, 7) is 15.7. The second-order valence-corrected chi connectivity index (χ2v) is 14.2. The van der Waals surface area contributed by atoms with E-state index < -0.39 is 0 Å². The Labute approximate surface area is 202 Å². The fourth-order valence-corrected chi connectivity index (χ4v) is 10.4. The van der Waals surface area contributed by atoms with Crippen LogP contribution in [0.4, 0.5) is 0 Å². The van der Waals surface area contributed by atoms with E-state index in [0.29, 0.717) is 46.6 Å². The number of hydrogen-bond acceptors (Lipinski definition) is 3. The molecule has 0 saturated heterocycles. The molecular weight excluding hydrogens is 408 g/mol. The molecule has 0 heterocycles. The standard InChI is InChI=1S/C30H48O3/c1-26(2)23-11-15-30(6)24(28(23,4)14-12-25(26)33-19-32-7)9-8-21-22-18-20(31)10-13-27(22,3)16-17-29(21,30)5/h8,22-25H,9-19H2,1-7H3. The van der Waals surface area contributed by atoms with Gasteiger partial charge >= 0.3 is 0 Å². The van der Waals surface area contributed by atoms with Crippen molar-refractivity contribution in [2.75, 3.05) is 13.9 Å². The van der Waals surface area contributed by atoms with Crippen LogP contribution in [-0.2, 0) is 14.3 Å². The summed E-state index contributed by atoms with van der Waals surface area (Å²) in [4.78, 5) is 12.6. The first-order chi connectivity index (χ1) is 15.4. The second kappa shape index (κ2) is 7.66. The van der Waals surface area contributed by atoms with Gasteiger partial charge in [-0.05, 0) is 96.2 Å². The molecule has 0 aliphatic heterocycles. The molecule has 0 bridgehead atoms. The van der Waals surface area contributed by atoms with Crippen molar-refractivity contribution in [3.8, 4) is 0 Å². The van der Waals surface area contributed by atoms with Gasteiger partial charge in [0.15, 0.2) is 0 Å². The summed E-state index contributed by atoms with van der Waals surface area (Å²) in [7, 11) is 1.73. The number of hydrogen-bond donors (Lipinski definition) is 0. The summed E-state index contributed by atoms with van der Waals surface area (Å²) in [6.07, 6.45) is 14.5. The van der Waals surface area contributed by atoms with Gasteiger partial charge in [0, 0.05) is 20.0 Å². The van der Waals surface area contributed by atoms with Crippen molar-refractivity contribution >= 4 is 5.78 Å². The van der Waals surface area contributed by atoms with Gasteiger partial charge < -0.3 is 9.47 Å². The van der Waals surface area contributed by atoms with Crippen molar-refractivity contribution in [1.29, 1.82) is 0 Å². The highest BCUT2D eigenvalue weighted by Gasteiger charge is 2.67. The van der Waals surface area contributed by atoms with Crippen molar-refractivity contribution in [1.82, 2.24) is 0 Å². The molecule has 0 amide bonds. The SMILES string of the molecule is COCOC1CCC2(C)C(CCC3(C)C2CC=C2C4CC(=O)CCC4(C)CCC23C)C1(C)C. The van der Waals surface area contributed by atoms with Crippen molar-refractivity contribution in [2.24, 2.45) is 44.8 Å². The quantitative estimate of drug-likeness (QED) is 0.329. The predicted octanol–water partition coefficient (Wildman–Crippen LogP) is 7.34. The molecule has 0 aromatic carbocycles. The molecule has 8 atom stereocenters. The molecule has 0 N–H and O–H groups in total. The average molecular weight is 457 g/mol. The lowest BCUT2D eigenvalue weighted by Crippen LogP contribution is -2.64. The Morgan fingerprint density at radius 2 is 1.70 bits per heavy atom. The van der Waals surface area contributed by atoms with E-state index in [0.717, 1.165) is 25.7 Å². The Bertz CT molecular complexity index is 843. The fourth-order valence-electron chi connectivity index (χ4n) is 10.4. The Hall–Kier alpha value is -0.670. The van der Waals surface area contributed by atoms with Crippen LogP contribution in [-0.4, -0.2) is 25.8 Å². The third kappa shape index (κ3) is 3.16. The number of rotatable bonds is 3. The molecule has 0 radical (unpaired) electrons. The van der Waals surface area contributed by atoms with E-state index in [2.05, 4.69) is 47.6 Å². The molecular formula is C30H48O3. The lowest BCUT2D eigenvalue weighted by Gasteiger charge is -2.71. The van der Waals surface area contributed by atoms with Crippen LogP contribution in [0.15, 0.2) is 11.6 Å². The number of carbonyl (C=O) groups is 1. The Morgan fingerprint density at radius 3 is 2.42 bits per heavy atom. The molecule has 3 heteroatoms. The maximum absolute atomic E-state index is 12.6. The molecule has 33 heavy (non-hydrogen) atoms. The molecule has 4 fully saturated rings. The number of carbonyl (C=O) groups excluding carboxylic acids is 1. The van der Waals surface area contributed by atoms with Gasteiger partial charge in [-0.1, -0.05) is 53.2 Å². The van der Waals surface area contributed by atoms with Gasteiger partial charge in [0.2, 0.25) is 0 Å². The van der Waals surface area contributed by atoms with Crippen LogP contribution >= 0.6 is 0 Å². The zero-order valence-electron chi connectivity index (χ0n) is 22.4. The monoisotopic (exact) mass is 456 g/mol. The van der Waals surface area contributed by atoms with E-state index >= 15 is 0 Å². The number of methoxy groups -OCH3 is 1. The van der Waals surface area contributed by atoms with Gasteiger partial charge in [-0.25, -0.2) is 0 Å². The van der Waals surface area contributed by atoms with Crippen LogP contribution < -0.4 is 0 Å². The third-order valence-electron chi connectivity index (χ3n) is 12.7. The lowest BCUT2D eigenvalue weighted by molar-refractivity contribution is -0.222. The van der Waals surface area contributed by atoms with Crippen LogP contribution in [0, 0.1) is 44.8 Å². The van der Waals surface area contributed by atoms with Crippen molar-refractivity contribution in [3.63, 3.8) is 0 Å². The average Bonchev–Trinajstić information content (AvgIpc) is 2.74. The minimum Gasteiger partial charge on any atom is -0.359 e. The minimum absolute atomic E-state index is 0.165. The van der Waals surface area contributed by atoms with E-state index in [-0.39, 0.29) is 16.9 Å². The number of ketones is 1. The summed E-state index contributed by atoms with van der Waals surface area (Å²) in [5.74, 6) is 2.38. The molecule has 4 saturated carbocycles. The van der Waals surface area contributed by atoms with Gasteiger partial charge in [0.1, 0.15) is 12.6 Å². The number of allylic oxidation sites excluding steroid dienone is 2. The lowest BCUT2D eigenvalue weighted by atomic mass is 9.34. The normalized spacial score (nSPS) is 51.0. The summed E-state index contributed by atoms with van der Waals surface area (Å²) in [5, 5.41) is 0. The third-order valence-corrected chi connectivity index (χ3v) is 12.7. The van der Waals surface area contributed by atoms with Gasteiger partial charge in [0.05, 0.1) is 6.10 Å². The van der Waals surface area contributed by atoms with E-state index in [1.54, 1.807) is 12.7 Å². The summed E-state index contributed by atoms with van der Waals surface area (Å²) < 4.78 is 11.5. The highest BCUT2D eigenvalue weighted by atomic mass is 16.7. The van der Waals surface area contributed by atoms with Crippen molar-refractivity contribution in [2.45, 2.75) is 112 Å². The Balaban J connectivity index is 1.51. The van der Waals surface area contributed by atoms with Gasteiger partial charge in [0.25, 0.3) is 0 Å². The van der Waals surface area contributed by atoms with Crippen LogP contribution in [0.1, 0.15) is 106 Å². The minimum atomic E-state index is 0.165.